The van der Waals surface area contributed by atoms with Gasteiger partial charge in [-0.2, -0.15) is 0 Å². The van der Waals surface area contributed by atoms with E-state index in [1.807, 2.05) is 0 Å². The molecule has 1 saturated heterocycles. The van der Waals surface area contributed by atoms with Gasteiger partial charge in [0, 0.05) is 25.2 Å². The van der Waals surface area contributed by atoms with Crippen LogP contribution in [-0.4, -0.2) is 54.3 Å². The van der Waals surface area contributed by atoms with Crippen LogP contribution in [-0.2, 0) is 4.79 Å². The fourth-order valence-corrected chi connectivity index (χ4v) is 1.96. The van der Waals surface area contributed by atoms with Crippen LogP contribution in [0.2, 0.25) is 0 Å². The predicted molar refractivity (Wildman–Crippen MR) is 53.8 cm³/mol. The molecule has 0 aromatic carbocycles. The van der Waals surface area contributed by atoms with Gasteiger partial charge in [-0.3, -0.25) is 14.6 Å². The summed E-state index contributed by atoms with van der Waals surface area (Å²) in [6, 6.07) is 1.12. The van der Waals surface area contributed by atoms with Gasteiger partial charge in [-0.1, -0.05) is 0 Å². The first-order valence-electron chi connectivity index (χ1n) is 4.94. The third-order valence-electron chi connectivity index (χ3n) is 2.88. The van der Waals surface area contributed by atoms with E-state index < -0.39 is 0 Å². The Morgan fingerprint density at radius 1 is 1.31 bits per heavy atom. The molecule has 0 unspecified atom stereocenters. The highest BCUT2D eigenvalue weighted by molar-refractivity contribution is 5.77. The van der Waals surface area contributed by atoms with Gasteiger partial charge in [0.15, 0.2) is 0 Å². The van der Waals surface area contributed by atoms with Crippen molar-refractivity contribution >= 4 is 5.78 Å². The van der Waals surface area contributed by atoms with Gasteiger partial charge >= 0.3 is 0 Å². The van der Waals surface area contributed by atoms with E-state index in [0.717, 1.165) is 13.1 Å². The van der Waals surface area contributed by atoms with Gasteiger partial charge in [0.1, 0.15) is 5.78 Å². The largest absolute Gasteiger partial charge is 0.299 e. The Morgan fingerprint density at radius 2 is 1.77 bits per heavy atom. The third kappa shape index (κ3) is 2.78. The number of piperazine rings is 1. The van der Waals surface area contributed by atoms with Crippen LogP contribution in [0.15, 0.2) is 0 Å². The summed E-state index contributed by atoms with van der Waals surface area (Å²) < 4.78 is 0. The molecule has 2 atom stereocenters. The standard InChI is InChI=1S/C10H20N2O/c1-8-5-12(7-10(3)13)6-9(2)11(8)4/h8-9H,5-7H2,1-4H3/t8-,9+. The van der Waals surface area contributed by atoms with Crippen LogP contribution in [0.4, 0.5) is 0 Å². The van der Waals surface area contributed by atoms with Crippen molar-refractivity contribution in [3.05, 3.63) is 0 Å². The zero-order valence-corrected chi connectivity index (χ0v) is 9.08. The molecule has 0 aromatic rings. The Kier molecular flexibility index (Phi) is 3.45. The van der Waals surface area contributed by atoms with E-state index in [9.17, 15) is 4.79 Å². The molecule has 1 aliphatic rings. The number of nitrogens with zero attached hydrogens (tertiary/aromatic N) is 2. The molecule has 0 amide bonds. The maximum atomic E-state index is 11.0. The van der Waals surface area contributed by atoms with Crippen molar-refractivity contribution < 1.29 is 4.79 Å². The average Bonchev–Trinajstić information content (AvgIpc) is 1.98. The first-order valence-corrected chi connectivity index (χ1v) is 4.94. The first-order chi connectivity index (χ1) is 6.00. The molecule has 1 heterocycles. The average molecular weight is 184 g/mol. The molecule has 0 aliphatic carbocycles. The van der Waals surface area contributed by atoms with E-state index in [1.165, 1.54) is 0 Å². The molecule has 0 saturated carbocycles. The minimum absolute atomic E-state index is 0.268. The van der Waals surface area contributed by atoms with Gasteiger partial charge in [0.05, 0.1) is 6.54 Å². The number of hydrogen-bond acceptors (Lipinski definition) is 3. The third-order valence-corrected chi connectivity index (χ3v) is 2.88. The molecule has 76 valence electrons. The molecular weight excluding hydrogens is 164 g/mol. The summed E-state index contributed by atoms with van der Waals surface area (Å²) in [5.74, 6) is 0.268. The quantitative estimate of drug-likeness (QED) is 0.628. The Morgan fingerprint density at radius 3 is 2.15 bits per heavy atom. The molecule has 1 fully saturated rings. The Labute approximate surface area is 80.7 Å². The fourth-order valence-electron chi connectivity index (χ4n) is 1.96. The molecule has 1 rings (SSSR count). The Bertz CT molecular complexity index is 181. The zero-order valence-electron chi connectivity index (χ0n) is 9.08. The number of Topliss-reactive ketones (excluding diaryl/α,β-unsaturated/α-hetero) is 1. The van der Waals surface area contributed by atoms with Crippen LogP contribution >= 0.6 is 0 Å². The van der Waals surface area contributed by atoms with Crippen LogP contribution in [0.3, 0.4) is 0 Å². The van der Waals surface area contributed by atoms with Crippen molar-refractivity contribution in [2.24, 2.45) is 0 Å². The molecular formula is C10H20N2O. The van der Waals surface area contributed by atoms with Crippen LogP contribution in [0.25, 0.3) is 0 Å². The van der Waals surface area contributed by atoms with E-state index in [1.54, 1.807) is 6.92 Å². The zero-order chi connectivity index (χ0) is 10.0. The number of carbonyl (C=O) groups excluding carboxylic acids is 1. The molecule has 13 heavy (non-hydrogen) atoms. The van der Waals surface area contributed by atoms with Crippen LogP contribution in [0, 0.1) is 0 Å². The van der Waals surface area contributed by atoms with Gasteiger partial charge in [0.25, 0.3) is 0 Å². The molecule has 0 N–H and O–H groups in total. The maximum Gasteiger partial charge on any atom is 0.143 e. The van der Waals surface area contributed by atoms with E-state index in [-0.39, 0.29) is 5.78 Å². The summed E-state index contributed by atoms with van der Waals surface area (Å²) >= 11 is 0. The smallest absolute Gasteiger partial charge is 0.143 e. The lowest BCUT2D eigenvalue weighted by Crippen LogP contribution is -2.55. The highest BCUT2D eigenvalue weighted by Crippen LogP contribution is 2.12. The van der Waals surface area contributed by atoms with Crippen LogP contribution < -0.4 is 0 Å². The number of ketones is 1. The van der Waals surface area contributed by atoms with Crippen molar-refractivity contribution in [3.63, 3.8) is 0 Å². The van der Waals surface area contributed by atoms with Gasteiger partial charge in [0.2, 0.25) is 0 Å². The van der Waals surface area contributed by atoms with Crippen molar-refractivity contribution in [2.45, 2.75) is 32.9 Å². The van der Waals surface area contributed by atoms with E-state index in [0.29, 0.717) is 18.6 Å². The van der Waals surface area contributed by atoms with E-state index in [4.69, 9.17) is 0 Å². The highest BCUT2D eigenvalue weighted by Gasteiger charge is 2.26. The summed E-state index contributed by atoms with van der Waals surface area (Å²) in [5.41, 5.74) is 0. The molecule has 0 bridgehead atoms. The minimum atomic E-state index is 0.268. The topological polar surface area (TPSA) is 23.6 Å². The summed E-state index contributed by atoms with van der Waals surface area (Å²) in [6.07, 6.45) is 0. The van der Waals surface area contributed by atoms with Gasteiger partial charge in [-0.15, -0.1) is 0 Å². The number of likely N-dealkylation sites (N-methyl/N-ethyl adjacent to an activating group) is 1. The molecule has 0 aromatic heterocycles. The van der Waals surface area contributed by atoms with Gasteiger partial charge in [-0.05, 0) is 27.8 Å². The first kappa shape index (κ1) is 10.7. The van der Waals surface area contributed by atoms with Crippen molar-refractivity contribution in [1.29, 1.82) is 0 Å². The Balaban J connectivity index is 2.48. The van der Waals surface area contributed by atoms with Crippen molar-refractivity contribution in [1.82, 2.24) is 9.80 Å². The number of hydrogen-bond donors (Lipinski definition) is 0. The maximum absolute atomic E-state index is 11.0. The minimum Gasteiger partial charge on any atom is -0.299 e. The fraction of sp³-hybridized carbons (Fsp3) is 0.900. The predicted octanol–water partition coefficient (Wildman–Crippen LogP) is 0.600. The van der Waals surface area contributed by atoms with Crippen LogP contribution in [0.1, 0.15) is 20.8 Å². The molecule has 3 heteroatoms. The SMILES string of the molecule is CC(=O)CN1C[C@@H](C)N(C)[C@@H](C)C1. The van der Waals surface area contributed by atoms with E-state index in [2.05, 4.69) is 30.7 Å². The van der Waals surface area contributed by atoms with Gasteiger partial charge in [-0.25, -0.2) is 0 Å². The van der Waals surface area contributed by atoms with Crippen LogP contribution in [0.5, 0.6) is 0 Å². The molecule has 3 nitrogen and oxygen atoms in total. The molecule has 0 radical (unpaired) electrons. The summed E-state index contributed by atoms with van der Waals surface area (Å²) in [5, 5.41) is 0. The lowest BCUT2D eigenvalue weighted by molar-refractivity contribution is -0.119. The van der Waals surface area contributed by atoms with Crippen molar-refractivity contribution in [2.75, 3.05) is 26.7 Å². The Hall–Kier alpha value is -0.410. The second-order valence-corrected chi connectivity index (χ2v) is 4.26. The van der Waals surface area contributed by atoms with E-state index >= 15 is 0 Å². The monoisotopic (exact) mass is 184 g/mol. The lowest BCUT2D eigenvalue weighted by Gasteiger charge is -2.42. The lowest BCUT2D eigenvalue weighted by atomic mass is 10.1. The molecule has 1 aliphatic heterocycles. The second-order valence-electron chi connectivity index (χ2n) is 4.26. The normalized spacial score (nSPS) is 32.0. The van der Waals surface area contributed by atoms with Crippen molar-refractivity contribution in [3.8, 4) is 0 Å². The molecule has 0 spiro atoms. The second kappa shape index (κ2) is 4.20. The summed E-state index contributed by atoms with van der Waals surface area (Å²) in [7, 11) is 2.15. The summed E-state index contributed by atoms with van der Waals surface area (Å²) in [6.45, 7) is 8.72. The highest BCUT2D eigenvalue weighted by atomic mass is 16.1. The number of rotatable bonds is 2. The summed E-state index contributed by atoms with van der Waals surface area (Å²) in [4.78, 5) is 15.6. The van der Waals surface area contributed by atoms with Gasteiger partial charge < -0.3 is 0 Å². The number of carbonyl (C=O) groups is 1.